The van der Waals surface area contributed by atoms with Crippen molar-refractivity contribution in [2.24, 2.45) is 5.92 Å². The number of rotatable bonds is 3. The van der Waals surface area contributed by atoms with Crippen molar-refractivity contribution in [2.45, 2.75) is 37.4 Å². The normalized spacial score (nSPS) is 30.7. The minimum Gasteiger partial charge on any atom is -0.336 e. The Balaban J connectivity index is 1.43. The molecule has 0 radical (unpaired) electrons. The van der Waals surface area contributed by atoms with Gasteiger partial charge in [0.15, 0.2) is 0 Å². The summed E-state index contributed by atoms with van der Waals surface area (Å²) in [6.07, 6.45) is 3.21. The van der Waals surface area contributed by atoms with Crippen molar-refractivity contribution in [1.29, 1.82) is 0 Å². The maximum atomic E-state index is 13.5. The van der Waals surface area contributed by atoms with E-state index >= 15 is 0 Å². The maximum absolute atomic E-state index is 13.5. The van der Waals surface area contributed by atoms with Gasteiger partial charge in [0.05, 0.1) is 0 Å². The highest BCUT2D eigenvalue weighted by Gasteiger charge is 2.64. The van der Waals surface area contributed by atoms with E-state index < -0.39 is 0 Å². The molecule has 3 saturated heterocycles. The third-order valence-electron chi connectivity index (χ3n) is 6.57. The molecule has 0 N–H and O–H groups in total. The molecule has 26 heavy (non-hydrogen) atoms. The molecule has 5 rings (SSSR count). The highest BCUT2D eigenvalue weighted by atomic mass is 35.5. The molecule has 4 heteroatoms. The van der Waals surface area contributed by atoms with Crippen molar-refractivity contribution in [2.75, 3.05) is 13.1 Å². The number of hydrogen-bond donors (Lipinski definition) is 0. The van der Waals surface area contributed by atoms with E-state index in [2.05, 4.69) is 46.2 Å². The number of amides is 1. The molecule has 2 aromatic carbocycles. The fourth-order valence-electron chi connectivity index (χ4n) is 5.56. The molecule has 3 aliphatic heterocycles. The maximum Gasteiger partial charge on any atom is 0.243 e. The van der Waals surface area contributed by atoms with Gasteiger partial charge in [0.25, 0.3) is 0 Å². The lowest BCUT2D eigenvalue weighted by molar-refractivity contribution is -0.137. The molecule has 3 atom stereocenters. The van der Waals surface area contributed by atoms with Crippen LogP contribution in [0.1, 0.15) is 36.4 Å². The fraction of sp³-hybridized carbons (Fsp3) is 0.409. The van der Waals surface area contributed by atoms with E-state index in [4.69, 9.17) is 11.6 Å². The first-order valence-corrected chi connectivity index (χ1v) is 9.92. The van der Waals surface area contributed by atoms with Gasteiger partial charge in [-0.15, -0.1) is 0 Å². The van der Waals surface area contributed by atoms with Gasteiger partial charge in [-0.2, -0.15) is 0 Å². The van der Waals surface area contributed by atoms with Gasteiger partial charge in [0, 0.05) is 30.1 Å². The third kappa shape index (κ3) is 2.34. The summed E-state index contributed by atoms with van der Waals surface area (Å²) < 4.78 is 0. The summed E-state index contributed by atoms with van der Waals surface area (Å²) in [6, 6.07) is 19.0. The van der Waals surface area contributed by atoms with Gasteiger partial charge in [0.1, 0.15) is 5.54 Å². The van der Waals surface area contributed by atoms with E-state index in [0.717, 1.165) is 42.9 Å². The Kier molecular flexibility index (Phi) is 3.84. The van der Waals surface area contributed by atoms with Crippen LogP contribution < -0.4 is 0 Å². The van der Waals surface area contributed by atoms with Crippen LogP contribution in [0, 0.1) is 5.92 Å². The predicted octanol–water partition coefficient (Wildman–Crippen LogP) is 4.28. The summed E-state index contributed by atoms with van der Waals surface area (Å²) in [7, 11) is 0. The molecule has 0 bridgehead atoms. The SMILES string of the molecule is O=C1N(Cc2cccc(Cl)c2)C[C@@H]2C[C@@H](c3ccccc3)N3CCC[C@@]123. The number of hydrogen-bond acceptors (Lipinski definition) is 2. The van der Waals surface area contributed by atoms with E-state index in [1.54, 1.807) is 0 Å². The molecule has 3 aliphatic rings. The monoisotopic (exact) mass is 366 g/mol. The summed E-state index contributed by atoms with van der Waals surface area (Å²) >= 11 is 6.13. The summed E-state index contributed by atoms with van der Waals surface area (Å²) in [6.45, 7) is 2.57. The van der Waals surface area contributed by atoms with Crippen LogP contribution in [0.4, 0.5) is 0 Å². The zero-order chi connectivity index (χ0) is 17.7. The molecule has 0 aliphatic carbocycles. The van der Waals surface area contributed by atoms with Crippen LogP contribution in [-0.4, -0.2) is 34.3 Å². The van der Waals surface area contributed by atoms with E-state index in [-0.39, 0.29) is 5.54 Å². The first-order chi connectivity index (χ1) is 12.7. The second-order valence-corrected chi connectivity index (χ2v) is 8.33. The lowest BCUT2D eigenvalue weighted by Crippen LogP contribution is -2.49. The summed E-state index contributed by atoms with van der Waals surface area (Å²) in [5.41, 5.74) is 2.21. The average Bonchev–Trinajstić information content (AvgIpc) is 3.27. The van der Waals surface area contributed by atoms with Gasteiger partial charge >= 0.3 is 0 Å². The van der Waals surface area contributed by atoms with E-state index in [9.17, 15) is 4.79 Å². The number of halogens is 1. The highest BCUT2D eigenvalue weighted by Crippen LogP contribution is 2.56. The Morgan fingerprint density at radius 2 is 1.96 bits per heavy atom. The third-order valence-corrected chi connectivity index (χ3v) is 6.81. The molecular formula is C22H23ClN2O. The highest BCUT2D eigenvalue weighted by molar-refractivity contribution is 6.30. The molecule has 3 fully saturated rings. The molecule has 3 heterocycles. The smallest absolute Gasteiger partial charge is 0.243 e. The number of benzene rings is 2. The Hall–Kier alpha value is -1.84. The van der Waals surface area contributed by atoms with Gasteiger partial charge < -0.3 is 4.90 Å². The molecule has 1 spiro atoms. The molecule has 0 unspecified atom stereocenters. The Morgan fingerprint density at radius 1 is 1.12 bits per heavy atom. The van der Waals surface area contributed by atoms with E-state index in [0.29, 0.717) is 24.4 Å². The number of likely N-dealkylation sites (tertiary alicyclic amines) is 1. The van der Waals surface area contributed by atoms with Crippen molar-refractivity contribution in [1.82, 2.24) is 9.80 Å². The lowest BCUT2D eigenvalue weighted by Gasteiger charge is -2.33. The molecule has 3 nitrogen and oxygen atoms in total. The number of carbonyl (C=O) groups excluding carboxylic acids is 1. The van der Waals surface area contributed by atoms with Gasteiger partial charge in [-0.3, -0.25) is 9.69 Å². The molecular weight excluding hydrogens is 344 g/mol. The lowest BCUT2D eigenvalue weighted by atomic mass is 9.85. The predicted molar refractivity (Wildman–Crippen MR) is 103 cm³/mol. The van der Waals surface area contributed by atoms with Crippen LogP contribution in [0.25, 0.3) is 0 Å². The number of carbonyl (C=O) groups is 1. The van der Waals surface area contributed by atoms with Gasteiger partial charge in [-0.1, -0.05) is 54.1 Å². The molecule has 2 aromatic rings. The second-order valence-electron chi connectivity index (χ2n) is 7.90. The minimum atomic E-state index is -0.265. The van der Waals surface area contributed by atoms with Crippen LogP contribution >= 0.6 is 11.6 Å². The van der Waals surface area contributed by atoms with Crippen LogP contribution in [0.2, 0.25) is 5.02 Å². The summed E-state index contributed by atoms with van der Waals surface area (Å²) in [4.78, 5) is 18.1. The summed E-state index contributed by atoms with van der Waals surface area (Å²) in [5.74, 6) is 0.764. The quantitative estimate of drug-likeness (QED) is 0.809. The minimum absolute atomic E-state index is 0.265. The molecule has 1 amide bonds. The van der Waals surface area contributed by atoms with E-state index in [1.165, 1.54) is 5.56 Å². The Morgan fingerprint density at radius 3 is 2.77 bits per heavy atom. The first kappa shape index (κ1) is 16.3. The fourth-order valence-corrected chi connectivity index (χ4v) is 5.78. The molecule has 134 valence electrons. The van der Waals surface area contributed by atoms with Crippen LogP contribution in [0.3, 0.4) is 0 Å². The Labute approximate surface area is 159 Å². The van der Waals surface area contributed by atoms with Crippen molar-refractivity contribution >= 4 is 17.5 Å². The van der Waals surface area contributed by atoms with E-state index in [1.807, 2.05) is 18.2 Å². The van der Waals surface area contributed by atoms with Crippen molar-refractivity contribution in [3.05, 3.63) is 70.7 Å². The molecule has 0 aromatic heterocycles. The van der Waals surface area contributed by atoms with Gasteiger partial charge in [-0.25, -0.2) is 0 Å². The zero-order valence-corrected chi connectivity index (χ0v) is 15.5. The van der Waals surface area contributed by atoms with Gasteiger partial charge in [0.2, 0.25) is 5.91 Å². The number of nitrogens with zero attached hydrogens (tertiary/aromatic N) is 2. The average molecular weight is 367 g/mol. The van der Waals surface area contributed by atoms with Crippen molar-refractivity contribution in [3.63, 3.8) is 0 Å². The molecule has 0 saturated carbocycles. The summed E-state index contributed by atoms with van der Waals surface area (Å²) in [5, 5.41) is 0.735. The van der Waals surface area contributed by atoms with Crippen molar-refractivity contribution in [3.8, 4) is 0 Å². The van der Waals surface area contributed by atoms with Crippen LogP contribution in [-0.2, 0) is 11.3 Å². The second kappa shape index (κ2) is 6.11. The topological polar surface area (TPSA) is 23.6 Å². The van der Waals surface area contributed by atoms with Gasteiger partial charge in [-0.05, 0) is 49.1 Å². The Bertz CT molecular complexity index is 839. The zero-order valence-electron chi connectivity index (χ0n) is 14.8. The first-order valence-electron chi connectivity index (χ1n) is 9.54. The van der Waals surface area contributed by atoms with Crippen molar-refractivity contribution < 1.29 is 4.79 Å². The largest absolute Gasteiger partial charge is 0.336 e. The van der Waals surface area contributed by atoms with Crippen LogP contribution in [0.5, 0.6) is 0 Å². The standard InChI is InChI=1S/C22H23ClN2O/c23-19-9-4-6-16(12-19)14-24-15-18-13-20(17-7-2-1-3-8-17)25-11-5-10-22(18,25)21(24)26/h1-4,6-9,12,18,20H,5,10-11,13-15H2/t18-,20-,22-/m0/s1. The van der Waals surface area contributed by atoms with Crippen LogP contribution in [0.15, 0.2) is 54.6 Å².